The molecule has 7 heteroatoms. The fourth-order valence-corrected chi connectivity index (χ4v) is 2.96. The first-order chi connectivity index (χ1) is 13.4. The van der Waals surface area contributed by atoms with Crippen molar-refractivity contribution in [3.8, 4) is 0 Å². The van der Waals surface area contributed by atoms with Gasteiger partial charge in [0, 0.05) is 10.7 Å². The standard InChI is InChI=1S/C21H20ClN3O3/c1-14-20(15(2)25(24-14)12-16-6-4-3-5-7-16)21(27)28-13-19(26)23-18-10-8-17(22)9-11-18/h3-11H,12-13H2,1-2H3,(H,23,26). The lowest BCUT2D eigenvalue weighted by molar-refractivity contribution is -0.119. The van der Waals surface area contributed by atoms with E-state index in [2.05, 4.69) is 10.4 Å². The van der Waals surface area contributed by atoms with Crippen LogP contribution in [0.3, 0.4) is 0 Å². The molecular weight excluding hydrogens is 378 g/mol. The molecule has 0 aliphatic heterocycles. The Morgan fingerprint density at radius 2 is 1.75 bits per heavy atom. The topological polar surface area (TPSA) is 73.2 Å². The Morgan fingerprint density at radius 1 is 1.07 bits per heavy atom. The number of nitrogens with one attached hydrogen (secondary N) is 1. The minimum atomic E-state index is -0.569. The predicted molar refractivity (Wildman–Crippen MR) is 108 cm³/mol. The summed E-state index contributed by atoms with van der Waals surface area (Å²) >= 11 is 5.81. The molecule has 2 aromatic carbocycles. The van der Waals surface area contributed by atoms with Gasteiger partial charge >= 0.3 is 5.97 Å². The van der Waals surface area contributed by atoms with Crippen molar-refractivity contribution in [3.05, 3.63) is 82.1 Å². The van der Waals surface area contributed by atoms with Crippen molar-refractivity contribution in [3.63, 3.8) is 0 Å². The van der Waals surface area contributed by atoms with Gasteiger partial charge in [0.2, 0.25) is 0 Å². The number of benzene rings is 2. The molecular formula is C21H20ClN3O3. The van der Waals surface area contributed by atoms with Gasteiger partial charge < -0.3 is 10.1 Å². The maximum Gasteiger partial charge on any atom is 0.342 e. The van der Waals surface area contributed by atoms with E-state index >= 15 is 0 Å². The van der Waals surface area contributed by atoms with E-state index in [0.29, 0.717) is 34.2 Å². The number of halogens is 1. The molecule has 1 amide bonds. The van der Waals surface area contributed by atoms with Crippen LogP contribution >= 0.6 is 11.6 Å². The van der Waals surface area contributed by atoms with E-state index in [1.54, 1.807) is 35.9 Å². The Morgan fingerprint density at radius 3 is 2.43 bits per heavy atom. The zero-order valence-electron chi connectivity index (χ0n) is 15.6. The minimum Gasteiger partial charge on any atom is -0.452 e. The van der Waals surface area contributed by atoms with Crippen molar-refractivity contribution in [2.24, 2.45) is 0 Å². The van der Waals surface area contributed by atoms with E-state index in [9.17, 15) is 9.59 Å². The quantitative estimate of drug-likeness (QED) is 0.638. The van der Waals surface area contributed by atoms with Gasteiger partial charge in [0.25, 0.3) is 5.91 Å². The Kier molecular flexibility index (Phi) is 6.11. The number of nitrogens with zero attached hydrogens (tertiary/aromatic N) is 2. The van der Waals surface area contributed by atoms with Crippen molar-refractivity contribution < 1.29 is 14.3 Å². The average molecular weight is 398 g/mol. The predicted octanol–water partition coefficient (Wildman–Crippen LogP) is 4.00. The normalized spacial score (nSPS) is 10.5. The lowest BCUT2D eigenvalue weighted by Crippen LogP contribution is -2.21. The lowest BCUT2D eigenvalue weighted by atomic mass is 10.2. The molecule has 0 fully saturated rings. The molecule has 3 aromatic rings. The zero-order chi connectivity index (χ0) is 20.1. The molecule has 0 radical (unpaired) electrons. The number of anilines is 1. The van der Waals surface area contributed by atoms with Gasteiger partial charge in [0.15, 0.2) is 6.61 Å². The van der Waals surface area contributed by atoms with E-state index in [1.807, 2.05) is 37.3 Å². The minimum absolute atomic E-state index is 0.384. The molecule has 0 spiro atoms. The number of amides is 1. The number of rotatable bonds is 6. The number of esters is 1. The second kappa shape index (κ2) is 8.71. The molecule has 0 aliphatic carbocycles. The van der Waals surface area contributed by atoms with Crippen LogP contribution in [-0.2, 0) is 16.1 Å². The molecule has 1 aromatic heterocycles. The second-order valence-electron chi connectivity index (χ2n) is 6.32. The third-order valence-corrected chi connectivity index (χ3v) is 4.48. The average Bonchev–Trinajstić information content (AvgIpc) is 2.96. The van der Waals surface area contributed by atoms with Crippen LogP contribution < -0.4 is 5.32 Å². The number of hydrogen-bond donors (Lipinski definition) is 1. The maximum atomic E-state index is 12.5. The summed E-state index contributed by atoms with van der Waals surface area (Å²) in [6.45, 7) is 3.73. The van der Waals surface area contributed by atoms with Crippen LogP contribution in [0.4, 0.5) is 5.69 Å². The van der Waals surface area contributed by atoms with Crippen LogP contribution in [0.25, 0.3) is 0 Å². The van der Waals surface area contributed by atoms with Crippen LogP contribution in [0.5, 0.6) is 0 Å². The maximum absolute atomic E-state index is 12.5. The number of ether oxygens (including phenoxy) is 1. The third-order valence-electron chi connectivity index (χ3n) is 4.22. The number of carbonyl (C=O) groups is 2. The van der Waals surface area contributed by atoms with E-state index in [-0.39, 0.29) is 6.61 Å². The van der Waals surface area contributed by atoms with Gasteiger partial charge in [-0.15, -0.1) is 0 Å². The largest absolute Gasteiger partial charge is 0.452 e. The fourth-order valence-electron chi connectivity index (χ4n) is 2.84. The van der Waals surface area contributed by atoms with Crippen molar-refractivity contribution >= 4 is 29.2 Å². The third kappa shape index (κ3) is 4.78. The summed E-state index contributed by atoms with van der Waals surface area (Å²) in [5.41, 5.74) is 3.31. The van der Waals surface area contributed by atoms with Gasteiger partial charge in [-0.05, 0) is 43.7 Å². The Labute approximate surface area is 168 Å². The van der Waals surface area contributed by atoms with Gasteiger partial charge in [-0.3, -0.25) is 9.48 Å². The summed E-state index contributed by atoms with van der Waals surface area (Å²) in [5, 5.41) is 7.65. The van der Waals surface area contributed by atoms with Gasteiger partial charge in [-0.1, -0.05) is 41.9 Å². The van der Waals surface area contributed by atoms with Gasteiger partial charge in [-0.2, -0.15) is 5.10 Å². The summed E-state index contributed by atoms with van der Waals surface area (Å²) in [5.74, 6) is -0.997. The summed E-state index contributed by atoms with van der Waals surface area (Å²) in [4.78, 5) is 24.5. The molecule has 3 rings (SSSR count). The summed E-state index contributed by atoms with van der Waals surface area (Å²) in [7, 11) is 0. The highest BCUT2D eigenvalue weighted by atomic mass is 35.5. The summed E-state index contributed by atoms with van der Waals surface area (Å²) < 4.78 is 6.94. The smallest absolute Gasteiger partial charge is 0.342 e. The Bertz CT molecular complexity index is 982. The number of hydrogen-bond acceptors (Lipinski definition) is 4. The second-order valence-corrected chi connectivity index (χ2v) is 6.76. The summed E-state index contributed by atoms with van der Waals surface area (Å²) in [6.07, 6.45) is 0. The van der Waals surface area contributed by atoms with E-state index in [0.717, 1.165) is 5.56 Å². The molecule has 0 atom stereocenters. The zero-order valence-corrected chi connectivity index (χ0v) is 16.4. The monoisotopic (exact) mass is 397 g/mol. The van der Waals surface area contributed by atoms with E-state index < -0.39 is 11.9 Å². The first-order valence-corrected chi connectivity index (χ1v) is 9.12. The van der Waals surface area contributed by atoms with Crippen LogP contribution in [0.2, 0.25) is 5.02 Å². The van der Waals surface area contributed by atoms with E-state index in [1.165, 1.54) is 0 Å². The molecule has 0 saturated carbocycles. The molecule has 144 valence electrons. The molecule has 28 heavy (non-hydrogen) atoms. The van der Waals surface area contributed by atoms with Gasteiger partial charge in [0.1, 0.15) is 5.56 Å². The van der Waals surface area contributed by atoms with Crippen LogP contribution in [0.15, 0.2) is 54.6 Å². The highest BCUT2D eigenvalue weighted by Crippen LogP contribution is 2.17. The Hall–Kier alpha value is -3.12. The first-order valence-electron chi connectivity index (χ1n) is 8.74. The molecule has 1 N–H and O–H groups in total. The van der Waals surface area contributed by atoms with Crippen molar-refractivity contribution in [1.29, 1.82) is 0 Å². The molecule has 0 saturated heterocycles. The molecule has 0 aliphatic rings. The van der Waals surface area contributed by atoms with Gasteiger partial charge in [0.05, 0.1) is 17.9 Å². The van der Waals surface area contributed by atoms with E-state index in [4.69, 9.17) is 16.3 Å². The number of aryl methyl sites for hydroxylation is 1. The Balaban J connectivity index is 1.62. The van der Waals surface area contributed by atoms with Crippen molar-refractivity contribution in [2.75, 3.05) is 11.9 Å². The number of carbonyl (C=O) groups excluding carboxylic acids is 2. The molecule has 1 heterocycles. The molecule has 6 nitrogen and oxygen atoms in total. The SMILES string of the molecule is Cc1nn(Cc2ccccc2)c(C)c1C(=O)OCC(=O)Nc1ccc(Cl)cc1. The summed E-state index contributed by atoms with van der Waals surface area (Å²) in [6, 6.07) is 16.5. The molecule has 0 bridgehead atoms. The highest BCUT2D eigenvalue weighted by Gasteiger charge is 2.21. The van der Waals surface area contributed by atoms with Crippen LogP contribution in [0.1, 0.15) is 27.3 Å². The highest BCUT2D eigenvalue weighted by molar-refractivity contribution is 6.30. The van der Waals surface area contributed by atoms with Gasteiger partial charge in [-0.25, -0.2) is 4.79 Å². The van der Waals surface area contributed by atoms with Crippen LogP contribution in [-0.4, -0.2) is 28.3 Å². The van der Waals surface area contributed by atoms with Crippen molar-refractivity contribution in [1.82, 2.24) is 9.78 Å². The molecule has 0 unspecified atom stereocenters. The van der Waals surface area contributed by atoms with Crippen LogP contribution in [0, 0.1) is 13.8 Å². The van der Waals surface area contributed by atoms with Crippen molar-refractivity contribution in [2.45, 2.75) is 20.4 Å². The lowest BCUT2D eigenvalue weighted by Gasteiger charge is -2.08. The first kappa shape index (κ1) is 19.6. The fraction of sp³-hybridized carbons (Fsp3) is 0.190. The number of aromatic nitrogens is 2.